The number of nitro groups is 1. The molecule has 2 aromatic rings. The molecular formula is C16H12F3N3O2. The highest BCUT2D eigenvalue weighted by molar-refractivity contribution is 5.80. The lowest BCUT2D eigenvalue weighted by molar-refractivity contribution is -0.385. The zero-order chi connectivity index (χ0) is 17.6. The summed E-state index contributed by atoms with van der Waals surface area (Å²) >= 11 is 0. The number of hydrogen-bond donors (Lipinski definition) is 1. The van der Waals surface area contributed by atoms with Gasteiger partial charge in [0.15, 0.2) is 0 Å². The van der Waals surface area contributed by atoms with Crippen molar-refractivity contribution in [3.8, 4) is 0 Å². The predicted molar refractivity (Wildman–Crippen MR) is 85.7 cm³/mol. The number of halogens is 3. The third kappa shape index (κ3) is 4.67. The van der Waals surface area contributed by atoms with Crippen LogP contribution in [-0.4, -0.2) is 11.1 Å². The van der Waals surface area contributed by atoms with E-state index in [0.29, 0.717) is 5.56 Å². The molecule has 0 aliphatic carbocycles. The van der Waals surface area contributed by atoms with Crippen molar-refractivity contribution in [3.05, 3.63) is 75.8 Å². The van der Waals surface area contributed by atoms with Gasteiger partial charge in [-0.2, -0.15) is 18.3 Å². The van der Waals surface area contributed by atoms with Gasteiger partial charge in [-0.25, -0.2) is 0 Å². The maximum Gasteiger partial charge on any atom is 0.416 e. The highest BCUT2D eigenvalue weighted by Gasteiger charge is 2.30. The lowest BCUT2D eigenvalue weighted by Crippen LogP contribution is -2.05. The molecule has 0 unspecified atom stereocenters. The maximum absolute atomic E-state index is 12.6. The summed E-state index contributed by atoms with van der Waals surface area (Å²) in [6.07, 6.45) is -0.205. The largest absolute Gasteiger partial charge is 0.416 e. The van der Waals surface area contributed by atoms with Gasteiger partial charge < -0.3 is 0 Å². The highest BCUT2D eigenvalue weighted by atomic mass is 19.4. The summed E-state index contributed by atoms with van der Waals surface area (Å²) in [5.74, 6) is 0. The molecule has 0 aliphatic rings. The average Bonchev–Trinajstić information content (AvgIpc) is 2.54. The number of hydrazone groups is 1. The smallest absolute Gasteiger partial charge is 0.279 e. The number of hydrogen-bond acceptors (Lipinski definition) is 4. The molecule has 0 saturated heterocycles. The average molecular weight is 335 g/mol. The van der Waals surface area contributed by atoms with Gasteiger partial charge in [0.05, 0.1) is 21.7 Å². The number of nitro benzene ring substituents is 1. The molecule has 1 N–H and O–H groups in total. The van der Waals surface area contributed by atoms with Crippen molar-refractivity contribution in [3.63, 3.8) is 0 Å². The zero-order valence-electron chi connectivity index (χ0n) is 12.2. The molecule has 0 saturated carbocycles. The van der Waals surface area contributed by atoms with Gasteiger partial charge in [0, 0.05) is 12.3 Å². The molecule has 0 amide bonds. The fourth-order valence-corrected chi connectivity index (χ4v) is 1.86. The topological polar surface area (TPSA) is 67.5 Å². The van der Waals surface area contributed by atoms with Crippen LogP contribution in [0.25, 0.3) is 6.08 Å². The molecule has 24 heavy (non-hydrogen) atoms. The molecule has 124 valence electrons. The number of anilines is 1. The van der Waals surface area contributed by atoms with Gasteiger partial charge in [-0.05, 0) is 36.4 Å². The summed E-state index contributed by atoms with van der Waals surface area (Å²) in [5, 5.41) is 14.6. The number of para-hydroxylation sites is 1. The minimum absolute atomic E-state index is 0.0482. The summed E-state index contributed by atoms with van der Waals surface area (Å²) in [5.41, 5.74) is 2.21. The van der Waals surface area contributed by atoms with E-state index in [1.54, 1.807) is 18.2 Å². The number of allylic oxidation sites excluding steroid dienone is 1. The summed E-state index contributed by atoms with van der Waals surface area (Å²) in [4.78, 5) is 10.3. The Morgan fingerprint density at radius 2 is 1.88 bits per heavy atom. The fraction of sp³-hybridized carbons (Fsp3) is 0.0625. The van der Waals surface area contributed by atoms with Crippen molar-refractivity contribution < 1.29 is 18.1 Å². The van der Waals surface area contributed by atoms with E-state index in [-0.39, 0.29) is 11.4 Å². The van der Waals surface area contributed by atoms with Crippen LogP contribution in [0.1, 0.15) is 11.1 Å². The quantitative estimate of drug-likeness (QED) is 0.488. The Morgan fingerprint density at radius 3 is 2.58 bits per heavy atom. The van der Waals surface area contributed by atoms with Gasteiger partial charge in [-0.15, -0.1) is 0 Å². The molecule has 0 radical (unpaired) electrons. The van der Waals surface area contributed by atoms with Gasteiger partial charge >= 0.3 is 6.18 Å². The summed E-state index contributed by atoms with van der Waals surface area (Å²) < 4.78 is 37.7. The van der Waals surface area contributed by atoms with E-state index in [1.165, 1.54) is 36.6 Å². The van der Waals surface area contributed by atoms with Gasteiger partial charge in [0.25, 0.3) is 5.69 Å². The maximum atomic E-state index is 12.6. The Hall–Kier alpha value is -3.16. The number of alkyl halides is 3. The van der Waals surface area contributed by atoms with Crippen LogP contribution in [0.3, 0.4) is 0 Å². The molecule has 0 aliphatic heterocycles. The SMILES string of the molecule is O=[N+]([O-])c1ccccc1/C=C/C=N\Nc1cccc(C(F)(F)F)c1. The van der Waals surface area contributed by atoms with E-state index in [0.717, 1.165) is 12.1 Å². The third-order valence-corrected chi connectivity index (χ3v) is 2.95. The second-order valence-electron chi connectivity index (χ2n) is 4.64. The van der Waals surface area contributed by atoms with Crippen molar-refractivity contribution in [2.45, 2.75) is 6.18 Å². The molecule has 2 rings (SSSR count). The van der Waals surface area contributed by atoms with Crippen LogP contribution in [0.5, 0.6) is 0 Å². The van der Waals surface area contributed by atoms with Crippen LogP contribution < -0.4 is 5.43 Å². The molecular weight excluding hydrogens is 323 g/mol. The summed E-state index contributed by atoms with van der Waals surface area (Å²) in [6, 6.07) is 10.8. The van der Waals surface area contributed by atoms with Crippen LogP contribution in [0.15, 0.2) is 59.7 Å². The third-order valence-electron chi connectivity index (χ3n) is 2.95. The first kappa shape index (κ1) is 17.2. The molecule has 5 nitrogen and oxygen atoms in total. The molecule has 0 fully saturated rings. The first-order chi connectivity index (χ1) is 11.4. The van der Waals surface area contributed by atoms with E-state index < -0.39 is 16.7 Å². The van der Waals surface area contributed by atoms with Crippen LogP contribution in [0, 0.1) is 10.1 Å². The van der Waals surface area contributed by atoms with E-state index in [1.807, 2.05) is 0 Å². The van der Waals surface area contributed by atoms with Gasteiger partial charge in [0.2, 0.25) is 0 Å². The second kappa shape index (κ2) is 7.40. The van der Waals surface area contributed by atoms with E-state index >= 15 is 0 Å². The van der Waals surface area contributed by atoms with Crippen LogP contribution in [0.4, 0.5) is 24.5 Å². The minimum Gasteiger partial charge on any atom is -0.279 e. The standard InChI is InChI=1S/C16H12F3N3O2/c17-16(18,19)13-7-3-8-14(11-13)21-20-10-4-6-12-5-1-2-9-15(12)22(23)24/h1-11,21H/b6-4+,20-10-. The molecule has 2 aromatic carbocycles. The Labute approximate surface area is 135 Å². The number of benzene rings is 2. The number of rotatable bonds is 5. The highest BCUT2D eigenvalue weighted by Crippen LogP contribution is 2.30. The Balaban J connectivity index is 2.02. The Bertz CT molecular complexity index is 786. The first-order valence-corrected chi connectivity index (χ1v) is 6.74. The van der Waals surface area contributed by atoms with Crippen molar-refractivity contribution in [2.24, 2.45) is 5.10 Å². The van der Waals surface area contributed by atoms with Gasteiger partial charge in [-0.1, -0.05) is 18.2 Å². The fourth-order valence-electron chi connectivity index (χ4n) is 1.86. The second-order valence-corrected chi connectivity index (χ2v) is 4.64. The molecule has 0 heterocycles. The lowest BCUT2D eigenvalue weighted by atomic mass is 10.1. The lowest BCUT2D eigenvalue weighted by Gasteiger charge is -2.07. The number of nitrogens with one attached hydrogen (secondary N) is 1. The Morgan fingerprint density at radius 1 is 1.12 bits per heavy atom. The molecule has 0 atom stereocenters. The summed E-state index contributed by atoms with van der Waals surface area (Å²) in [7, 11) is 0. The van der Waals surface area contributed by atoms with E-state index in [9.17, 15) is 23.3 Å². The molecule has 0 bridgehead atoms. The zero-order valence-corrected chi connectivity index (χ0v) is 12.2. The normalized spacial score (nSPS) is 12.0. The van der Waals surface area contributed by atoms with Gasteiger partial charge in [0.1, 0.15) is 0 Å². The molecule has 0 aromatic heterocycles. The van der Waals surface area contributed by atoms with Gasteiger partial charge in [-0.3, -0.25) is 15.5 Å². The summed E-state index contributed by atoms with van der Waals surface area (Å²) in [6.45, 7) is 0. The Kier molecular flexibility index (Phi) is 5.31. The molecule has 0 spiro atoms. The van der Waals surface area contributed by atoms with Crippen LogP contribution in [-0.2, 0) is 6.18 Å². The van der Waals surface area contributed by atoms with Crippen molar-refractivity contribution in [2.75, 3.05) is 5.43 Å². The first-order valence-electron chi connectivity index (χ1n) is 6.74. The van der Waals surface area contributed by atoms with E-state index in [4.69, 9.17) is 0 Å². The van der Waals surface area contributed by atoms with Crippen molar-refractivity contribution in [1.29, 1.82) is 0 Å². The monoisotopic (exact) mass is 335 g/mol. The van der Waals surface area contributed by atoms with Crippen molar-refractivity contribution >= 4 is 23.7 Å². The predicted octanol–water partition coefficient (Wildman–Crippen LogP) is 4.72. The van der Waals surface area contributed by atoms with Crippen molar-refractivity contribution in [1.82, 2.24) is 0 Å². The minimum atomic E-state index is -4.42. The van der Waals surface area contributed by atoms with E-state index in [2.05, 4.69) is 10.5 Å². The molecule has 8 heteroatoms. The number of nitrogens with zero attached hydrogens (tertiary/aromatic N) is 2. The van der Waals surface area contributed by atoms with Crippen LogP contribution >= 0.6 is 0 Å². The van der Waals surface area contributed by atoms with Crippen LogP contribution in [0.2, 0.25) is 0 Å².